The van der Waals surface area contributed by atoms with Crippen molar-refractivity contribution in [1.29, 1.82) is 0 Å². The van der Waals surface area contributed by atoms with Crippen molar-refractivity contribution in [3.05, 3.63) is 36.5 Å². The van der Waals surface area contributed by atoms with Crippen LogP contribution in [0.3, 0.4) is 0 Å². The number of methoxy groups -OCH3 is 1. The largest absolute Gasteiger partial charge is 0.453 e. The molecule has 3 aromatic rings. The number of imidazole rings is 1. The van der Waals surface area contributed by atoms with Crippen LogP contribution < -0.4 is 4.90 Å². The monoisotopic (exact) mass is 352 g/mol. The lowest BCUT2D eigenvalue weighted by Crippen LogP contribution is -2.49. The number of aryl methyl sites for hydroxylation is 1. The highest BCUT2D eigenvalue weighted by molar-refractivity contribution is 5.79. The zero-order valence-electron chi connectivity index (χ0n) is 14.8. The summed E-state index contributed by atoms with van der Waals surface area (Å²) in [4.78, 5) is 29.2. The van der Waals surface area contributed by atoms with E-state index in [4.69, 9.17) is 14.7 Å². The Labute approximate surface area is 151 Å². The number of hydrogen-bond acceptors (Lipinski definition) is 6. The third-order valence-electron chi connectivity index (χ3n) is 4.65. The van der Waals surface area contributed by atoms with Gasteiger partial charge in [-0.25, -0.2) is 19.7 Å². The second-order valence-electron chi connectivity index (χ2n) is 6.17. The van der Waals surface area contributed by atoms with Crippen LogP contribution in [-0.4, -0.2) is 63.8 Å². The second-order valence-corrected chi connectivity index (χ2v) is 6.17. The van der Waals surface area contributed by atoms with Crippen molar-refractivity contribution in [2.24, 2.45) is 7.05 Å². The van der Waals surface area contributed by atoms with E-state index in [0.29, 0.717) is 32.1 Å². The van der Waals surface area contributed by atoms with Crippen molar-refractivity contribution in [2.45, 2.75) is 0 Å². The minimum Gasteiger partial charge on any atom is -0.453 e. The Kier molecular flexibility index (Phi) is 4.16. The van der Waals surface area contributed by atoms with Gasteiger partial charge in [-0.15, -0.1) is 0 Å². The Hall–Kier alpha value is -3.16. The number of nitrogens with zero attached hydrogens (tertiary/aromatic N) is 6. The van der Waals surface area contributed by atoms with Gasteiger partial charge >= 0.3 is 6.09 Å². The molecule has 8 nitrogen and oxygen atoms in total. The first-order valence-corrected chi connectivity index (χ1v) is 8.50. The number of carbonyl (C=O) groups is 1. The van der Waals surface area contributed by atoms with Crippen LogP contribution in [0.25, 0.3) is 22.6 Å². The van der Waals surface area contributed by atoms with Gasteiger partial charge in [-0.05, 0) is 18.2 Å². The van der Waals surface area contributed by atoms with E-state index < -0.39 is 0 Å². The molecule has 1 aliphatic heterocycles. The molecule has 0 unspecified atom stereocenters. The molecule has 0 aliphatic carbocycles. The third-order valence-corrected chi connectivity index (χ3v) is 4.65. The summed E-state index contributed by atoms with van der Waals surface area (Å²) in [5.41, 5.74) is 2.79. The minimum absolute atomic E-state index is 0.293. The maximum absolute atomic E-state index is 11.6. The highest BCUT2D eigenvalue weighted by atomic mass is 16.5. The van der Waals surface area contributed by atoms with Crippen LogP contribution in [0.5, 0.6) is 0 Å². The van der Waals surface area contributed by atoms with E-state index in [1.165, 1.54) is 7.11 Å². The number of fused-ring (bicyclic) bond motifs is 1. The SMILES string of the molecule is COC(=O)N1CCN(c2nccc(-c3nc4ccccc4n3C)n2)CC1. The van der Waals surface area contributed by atoms with Gasteiger partial charge in [0.1, 0.15) is 5.69 Å². The molecule has 134 valence electrons. The summed E-state index contributed by atoms with van der Waals surface area (Å²) >= 11 is 0. The van der Waals surface area contributed by atoms with Gasteiger partial charge in [0.05, 0.1) is 18.1 Å². The average Bonchev–Trinajstić information content (AvgIpc) is 3.04. The van der Waals surface area contributed by atoms with Crippen molar-refractivity contribution in [3.8, 4) is 11.5 Å². The van der Waals surface area contributed by atoms with Gasteiger partial charge < -0.3 is 19.1 Å². The molecular weight excluding hydrogens is 332 g/mol. The summed E-state index contributed by atoms with van der Waals surface area (Å²) in [5.74, 6) is 1.46. The first-order chi connectivity index (χ1) is 12.7. The second kappa shape index (κ2) is 6.62. The highest BCUT2D eigenvalue weighted by Gasteiger charge is 2.23. The molecule has 2 aromatic heterocycles. The van der Waals surface area contributed by atoms with Crippen molar-refractivity contribution in [2.75, 3.05) is 38.2 Å². The number of piperazine rings is 1. The predicted molar refractivity (Wildman–Crippen MR) is 97.9 cm³/mol. The lowest BCUT2D eigenvalue weighted by molar-refractivity contribution is 0.121. The summed E-state index contributed by atoms with van der Waals surface area (Å²) in [7, 11) is 3.39. The lowest BCUT2D eigenvalue weighted by Gasteiger charge is -2.33. The van der Waals surface area contributed by atoms with Gasteiger partial charge in [0.2, 0.25) is 5.95 Å². The third kappa shape index (κ3) is 2.83. The molecule has 0 radical (unpaired) electrons. The molecule has 0 atom stereocenters. The lowest BCUT2D eigenvalue weighted by atomic mass is 10.3. The smallest absolute Gasteiger partial charge is 0.409 e. The minimum atomic E-state index is -0.293. The molecule has 1 aliphatic rings. The molecule has 8 heteroatoms. The fraction of sp³-hybridized carbons (Fsp3) is 0.333. The molecule has 0 spiro atoms. The average molecular weight is 352 g/mol. The number of ether oxygens (including phenoxy) is 1. The number of hydrogen-bond donors (Lipinski definition) is 0. The summed E-state index contributed by atoms with van der Waals surface area (Å²) in [6.45, 7) is 2.52. The number of anilines is 1. The number of carbonyl (C=O) groups excluding carboxylic acids is 1. The zero-order valence-corrected chi connectivity index (χ0v) is 14.8. The molecule has 0 saturated carbocycles. The molecule has 1 fully saturated rings. The van der Waals surface area contributed by atoms with Gasteiger partial charge in [-0.3, -0.25) is 0 Å². The van der Waals surface area contributed by atoms with E-state index >= 15 is 0 Å². The van der Waals surface area contributed by atoms with E-state index in [-0.39, 0.29) is 6.09 Å². The van der Waals surface area contributed by atoms with Crippen molar-refractivity contribution in [3.63, 3.8) is 0 Å². The molecule has 4 rings (SSSR count). The van der Waals surface area contributed by atoms with E-state index in [1.54, 1.807) is 11.1 Å². The zero-order chi connectivity index (χ0) is 18.1. The number of para-hydroxylation sites is 2. The van der Waals surface area contributed by atoms with Crippen LogP contribution in [0.2, 0.25) is 0 Å². The molecule has 1 saturated heterocycles. The van der Waals surface area contributed by atoms with E-state index in [9.17, 15) is 4.79 Å². The van der Waals surface area contributed by atoms with Crippen LogP contribution in [0.4, 0.5) is 10.7 Å². The Morgan fingerprint density at radius 1 is 1.08 bits per heavy atom. The van der Waals surface area contributed by atoms with Crippen molar-refractivity contribution < 1.29 is 9.53 Å². The van der Waals surface area contributed by atoms with Crippen molar-refractivity contribution >= 4 is 23.1 Å². The van der Waals surface area contributed by atoms with Crippen LogP contribution >= 0.6 is 0 Å². The molecule has 1 amide bonds. The fourth-order valence-corrected chi connectivity index (χ4v) is 3.22. The number of aromatic nitrogens is 4. The first kappa shape index (κ1) is 16.3. The summed E-state index contributed by atoms with van der Waals surface area (Å²) in [5, 5.41) is 0. The van der Waals surface area contributed by atoms with Gasteiger partial charge in [0.15, 0.2) is 5.82 Å². The van der Waals surface area contributed by atoms with Crippen LogP contribution in [-0.2, 0) is 11.8 Å². The molecule has 26 heavy (non-hydrogen) atoms. The van der Waals surface area contributed by atoms with E-state index in [2.05, 4.69) is 9.88 Å². The Morgan fingerprint density at radius 2 is 1.85 bits per heavy atom. The van der Waals surface area contributed by atoms with E-state index in [0.717, 1.165) is 22.6 Å². The molecule has 3 heterocycles. The molecular formula is C18H20N6O2. The summed E-state index contributed by atoms with van der Waals surface area (Å²) in [6.07, 6.45) is 1.46. The normalized spacial score (nSPS) is 14.7. The molecule has 1 aromatic carbocycles. The quantitative estimate of drug-likeness (QED) is 0.701. The summed E-state index contributed by atoms with van der Waals surface area (Å²) < 4.78 is 6.81. The maximum atomic E-state index is 11.6. The standard InChI is InChI=1S/C18H20N6O2/c1-22-15-6-4-3-5-13(15)20-16(22)14-7-8-19-17(21-14)23-9-11-24(12-10-23)18(25)26-2/h3-8H,9-12H2,1-2H3. The van der Waals surface area contributed by atoms with Gasteiger partial charge in [-0.1, -0.05) is 12.1 Å². The highest BCUT2D eigenvalue weighted by Crippen LogP contribution is 2.23. The fourth-order valence-electron chi connectivity index (χ4n) is 3.22. The van der Waals surface area contributed by atoms with Gasteiger partial charge in [0, 0.05) is 39.4 Å². The van der Waals surface area contributed by atoms with Gasteiger partial charge in [0.25, 0.3) is 0 Å². The Balaban J connectivity index is 1.59. The van der Waals surface area contributed by atoms with Crippen molar-refractivity contribution in [1.82, 2.24) is 24.4 Å². The topological polar surface area (TPSA) is 76.4 Å². The first-order valence-electron chi connectivity index (χ1n) is 8.50. The van der Waals surface area contributed by atoms with Crippen LogP contribution in [0, 0.1) is 0 Å². The number of amides is 1. The van der Waals surface area contributed by atoms with Crippen LogP contribution in [0.1, 0.15) is 0 Å². The number of benzene rings is 1. The van der Waals surface area contributed by atoms with Crippen LogP contribution in [0.15, 0.2) is 36.5 Å². The van der Waals surface area contributed by atoms with Gasteiger partial charge in [-0.2, -0.15) is 0 Å². The molecule has 0 N–H and O–H groups in total. The number of rotatable bonds is 2. The maximum Gasteiger partial charge on any atom is 0.409 e. The van der Waals surface area contributed by atoms with E-state index in [1.807, 2.05) is 41.9 Å². The Morgan fingerprint density at radius 3 is 2.58 bits per heavy atom. The Bertz CT molecular complexity index is 946. The summed E-state index contributed by atoms with van der Waals surface area (Å²) in [6, 6.07) is 9.88. The molecule has 0 bridgehead atoms. The predicted octanol–water partition coefficient (Wildman–Crippen LogP) is 1.92.